The van der Waals surface area contributed by atoms with Gasteiger partial charge in [0.15, 0.2) is 0 Å². The van der Waals surface area contributed by atoms with Crippen molar-refractivity contribution in [2.75, 3.05) is 7.11 Å². The summed E-state index contributed by atoms with van der Waals surface area (Å²) in [5.74, 6) is 0.196. The van der Waals surface area contributed by atoms with E-state index in [0.717, 1.165) is 5.56 Å². The van der Waals surface area contributed by atoms with Crippen molar-refractivity contribution in [1.82, 2.24) is 25.4 Å². The van der Waals surface area contributed by atoms with Crippen LogP contribution < -0.4 is 10.2 Å². The molecule has 0 aliphatic heterocycles. The molecule has 1 amide bonds. The van der Waals surface area contributed by atoms with Gasteiger partial charge in [0.1, 0.15) is 22.8 Å². The van der Waals surface area contributed by atoms with Crippen LogP contribution >= 0.6 is 0 Å². The molecule has 0 spiro atoms. The second-order valence-electron chi connectivity index (χ2n) is 6.17. The number of hydrogen-bond donors (Lipinski definition) is 2. The van der Waals surface area contributed by atoms with Crippen molar-refractivity contribution >= 4 is 17.8 Å². The first-order valence-electron chi connectivity index (χ1n) is 8.58. The Labute approximate surface area is 165 Å². The minimum absolute atomic E-state index is 0.00297. The van der Waals surface area contributed by atoms with Crippen LogP contribution in [0.4, 0.5) is 5.69 Å². The fourth-order valence-corrected chi connectivity index (χ4v) is 2.88. The SMILES string of the molecule is COc1ccc(/C=N/NC(=O)c2ccn[nH]2)cc1Cn1nc(C)c([N+](=O)[O-])c1C. The number of amides is 1. The van der Waals surface area contributed by atoms with E-state index in [1.165, 1.54) is 18.5 Å². The summed E-state index contributed by atoms with van der Waals surface area (Å²) in [4.78, 5) is 22.6. The van der Waals surface area contributed by atoms with E-state index in [1.54, 1.807) is 37.8 Å². The average molecular weight is 397 g/mol. The van der Waals surface area contributed by atoms with Gasteiger partial charge in [0, 0.05) is 11.8 Å². The normalized spacial score (nSPS) is 11.0. The quantitative estimate of drug-likeness (QED) is 0.355. The molecule has 0 aliphatic rings. The van der Waals surface area contributed by atoms with Crippen LogP contribution in [0.5, 0.6) is 5.75 Å². The van der Waals surface area contributed by atoms with E-state index in [-0.39, 0.29) is 12.2 Å². The summed E-state index contributed by atoms with van der Waals surface area (Å²) in [6, 6.07) is 6.88. The van der Waals surface area contributed by atoms with E-state index >= 15 is 0 Å². The fourth-order valence-electron chi connectivity index (χ4n) is 2.88. The smallest absolute Gasteiger partial charge is 0.312 e. The predicted octanol–water partition coefficient (Wildman–Crippen LogP) is 1.95. The number of methoxy groups -OCH3 is 1. The Morgan fingerprint density at radius 3 is 2.83 bits per heavy atom. The van der Waals surface area contributed by atoms with Gasteiger partial charge in [0.25, 0.3) is 5.91 Å². The maximum absolute atomic E-state index is 11.8. The number of carbonyl (C=O) groups is 1. The molecule has 3 rings (SSSR count). The Kier molecular flexibility index (Phi) is 5.67. The van der Waals surface area contributed by atoms with Gasteiger partial charge in [-0.1, -0.05) is 0 Å². The van der Waals surface area contributed by atoms with Crippen molar-refractivity contribution in [3.63, 3.8) is 0 Å². The van der Waals surface area contributed by atoms with E-state index in [2.05, 4.69) is 25.8 Å². The number of hydrogen-bond acceptors (Lipinski definition) is 7. The minimum Gasteiger partial charge on any atom is -0.496 e. The van der Waals surface area contributed by atoms with Crippen molar-refractivity contribution in [2.24, 2.45) is 5.10 Å². The van der Waals surface area contributed by atoms with Crippen LogP contribution in [0.25, 0.3) is 0 Å². The number of benzene rings is 1. The second kappa shape index (κ2) is 8.33. The molecule has 150 valence electrons. The number of hydrazone groups is 1. The van der Waals surface area contributed by atoms with Crippen LogP contribution in [0, 0.1) is 24.0 Å². The van der Waals surface area contributed by atoms with Crippen LogP contribution in [0.15, 0.2) is 35.6 Å². The van der Waals surface area contributed by atoms with Gasteiger partial charge < -0.3 is 4.74 Å². The number of rotatable bonds is 7. The molecule has 0 saturated carbocycles. The molecule has 11 nitrogen and oxygen atoms in total. The molecule has 2 heterocycles. The van der Waals surface area contributed by atoms with Gasteiger partial charge in [-0.2, -0.15) is 15.3 Å². The molecular weight excluding hydrogens is 378 g/mol. The summed E-state index contributed by atoms with van der Waals surface area (Å²) < 4.78 is 6.95. The molecule has 0 unspecified atom stereocenters. The van der Waals surface area contributed by atoms with Gasteiger partial charge in [-0.15, -0.1) is 0 Å². The maximum Gasteiger partial charge on any atom is 0.312 e. The lowest BCUT2D eigenvalue weighted by Crippen LogP contribution is -2.18. The molecule has 2 aromatic heterocycles. The van der Waals surface area contributed by atoms with E-state index in [0.29, 0.717) is 28.4 Å². The summed E-state index contributed by atoms with van der Waals surface area (Å²) in [6.07, 6.45) is 2.96. The highest BCUT2D eigenvalue weighted by molar-refractivity contribution is 5.93. The van der Waals surface area contributed by atoms with Crippen molar-refractivity contribution in [1.29, 1.82) is 0 Å². The topological polar surface area (TPSA) is 140 Å². The van der Waals surface area contributed by atoms with Gasteiger partial charge >= 0.3 is 5.69 Å². The average Bonchev–Trinajstić information content (AvgIpc) is 3.30. The van der Waals surface area contributed by atoms with Crippen LogP contribution in [0.3, 0.4) is 0 Å². The van der Waals surface area contributed by atoms with Gasteiger partial charge in [0.2, 0.25) is 0 Å². The third kappa shape index (κ3) is 4.29. The first-order chi connectivity index (χ1) is 13.9. The largest absolute Gasteiger partial charge is 0.496 e. The van der Waals surface area contributed by atoms with Crippen LogP contribution in [0.1, 0.15) is 33.0 Å². The van der Waals surface area contributed by atoms with Crippen molar-refractivity contribution in [3.8, 4) is 5.75 Å². The van der Waals surface area contributed by atoms with E-state index in [4.69, 9.17) is 4.74 Å². The Morgan fingerprint density at radius 1 is 1.41 bits per heavy atom. The molecule has 2 N–H and O–H groups in total. The van der Waals surface area contributed by atoms with Crippen molar-refractivity contribution < 1.29 is 14.5 Å². The van der Waals surface area contributed by atoms with Crippen LogP contribution in [-0.4, -0.2) is 44.1 Å². The standard InChI is InChI=1S/C18H19N7O4/c1-11-17(25(27)28)12(2)24(23-11)10-14-8-13(4-5-16(14)29-3)9-20-22-18(26)15-6-7-19-21-15/h4-9H,10H2,1-3H3,(H,19,21)(H,22,26)/b20-9+. The van der Waals surface area contributed by atoms with E-state index < -0.39 is 10.8 Å². The molecular formula is C18H19N7O4. The lowest BCUT2D eigenvalue weighted by molar-refractivity contribution is -0.386. The number of nitrogens with zero attached hydrogens (tertiary/aromatic N) is 5. The molecule has 0 radical (unpaired) electrons. The third-order valence-electron chi connectivity index (χ3n) is 4.28. The minimum atomic E-state index is -0.434. The zero-order valence-corrected chi connectivity index (χ0v) is 16.0. The van der Waals surface area contributed by atoms with Gasteiger partial charge in [-0.3, -0.25) is 24.7 Å². The third-order valence-corrected chi connectivity index (χ3v) is 4.28. The summed E-state index contributed by atoms with van der Waals surface area (Å²) in [6.45, 7) is 3.54. The first-order valence-corrected chi connectivity index (χ1v) is 8.58. The number of aryl methyl sites for hydroxylation is 1. The number of nitro groups is 1. The van der Waals surface area contributed by atoms with Gasteiger partial charge in [-0.25, -0.2) is 5.43 Å². The number of ether oxygens (including phenoxy) is 1. The Hall–Kier alpha value is -4.02. The molecule has 0 aliphatic carbocycles. The Bertz CT molecular complexity index is 1070. The number of H-pyrrole nitrogens is 1. The number of carbonyl (C=O) groups excluding carboxylic acids is 1. The molecule has 0 saturated heterocycles. The summed E-state index contributed by atoms with van der Waals surface area (Å²) in [7, 11) is 1.54. The van der Waals surface area contributed by atoms with Crippen LogP contribution in [-0.2, 0) is 6.54 Å². The molecule has 1 aromatic carbocycles. The lowest BCUT2D eigenvalue weighted by atomic mass is 10.1. The zero-order chi connectivity index (χ0) is 21.0. The molecule has 29 heavy (non-hydrogen) atoms. The van der Waals surface area contributed by atoms with E-state index in [1.807, 2.05) is 6.07 Å². The van der Waals surface area contributed by atoms with Gasteiger partial charge in [0.05, 0.1) is 24.8 Å². The molecule has 11 heteroatoms. The molecule has 0 fully saturated rings. The fraction of sp³-hybridized carbons (Fsp3) is 0.222. The Morgan fingerprint density at radius 2 is 2.21 bits per heavy atom. The second-order valence-corrected chi connectivity index (χ2v) is 6.17. The summed E-state index contributed by atoms with van der Waals surface area (Å²) in [5, 5.41) is 25.7. The van der Waals surface area contributed by atoms with Crippen LogP contribution in [0.2, 0.25) is 0 Å². The number of nitrogens with one attached hydrogen (secondary N) is 2. The first kappa shape index (κ1) is 19.7. The van der Waals surface area contributed by atoms with Crippen molar-refractivity contribution in [3.05, 3.63) is 68.8 Å². The lowest BCUT2D eigenvalue weighted by Gasteiger charge is -2.10. The predicted molar refractivity (Wildman–Crippen MR) is 104 cm³/mol. The monoisotopic (exact) mass is 397 g/mol. The highest BCUT2D eigenvalue weighted by Gasteiger charge is 2.22. The molecule has 3 aromatic rings. The molecule has 0 atom stereocenters. The summed E-state index contributed by atoms with van der Waals surface area (Å²) >= 11 is 0. The van der Waals surface area contributed by atoms with Crippen molar-refractivity contribution in [2.45, 2.75) is 20.4 Å². The maximum atomic E-state index is 11.8. The highest BCUT2D eigenvalue weighted by atomic mass is 16.6. The number of aromatic nitrogens is 4. The molecule has 0 bridgehead atoms. The van der Waals surface area contributed by atoms with Gasteiger partial charge in [-0.05, 0) is 43.7 Å². The van der Waals surface area contributed by atoms with E-state index in [9.17, 15) is 14.9 Å². The zero-order valence-electron chi connectivity index (χ0n) is 16.0. The Balaban J connectivity index is 1.81. The highest BCUT2D eigenvalue weighted by Crippen LogP contribution is 2.25. The summed E-state index contributed by atoms with van der Waals surface area (Å²) in [5.41, 5.74) is 4.98. The number of aromatic amines is 1.